The highest BCUT2D eigenvalue weighted by Gasteiger charge is 2.38. The molecule has 3 aromatic rings. The Morgan fingerprint density at radius 2 is 1.71 bits per heavy atom. The molecule has 0 unspecified atom stereocenters. The summed E-state index contributed by atoms with van der Waals surface area (Å²) in [5.74, 6) is -0.886. The largest absolute Gasteiger partial charge is 0.305 e. The van der Waals surface area contributed by atoms with Crippen LogP contribution >= 0.6 is 11.6 Å². The van der Waals surface area contributed by atoms with E-state index in [1.807, 2.05) is 61.5 Å². The maximum absolute atomic E-state index is 13.6. The lowest BCUT2D eigenvalue weighted by molar-refractivity contribution is -0.117. The number of hydrogen-bond donors (Lipinski definition) is 0. The van der Waals surface area contributed by atoms with Gasteiger partial charge in [0.05, 0.1) is 11.1 Å². The first-order chi connectivity index (χ1) is 14.9. The summed E-state index contributed by atoms with van der Waals surface area (Å²) in [5.41, 5.74) is 2.75. The lowest BCUT2D eigenvalue weighted by atomic mass is 9.89. The van der Waals surface area contributed by atoms with E-state index in [1.165, 1.54) is 18.2 Å². The summed E-state index contributed by atoms with van der Waals surface area (Å²) in [6.45, 7) is 3.51. The number of benzene rings is 3. The average Bonchev–Trinajstić information content (AvgIpc) is 2.76. The smallest absolute Gasteiger partial charge is 0.258 e. The highest BCUT2D eigenvalue weighted by Crippen LogP contribution is 2.42. The van der Waals surface area contributed by atoms with Gasteiger partial charge in [-0.05, 0) is 55.3 Å². The van der Waals surface area contributed by atoms with Crippen LogP contribution in [0.4, 0.5) is 15.8 Å². The van der Waals surface area contributed by atoms with Gasteiger partial charge in [-0.15, -0.1) is 0 Å². The lowest BCUT2D eigenvalue weighted by Gasteiger charge is -2.43. The molecule has 6 heteroatoms. The third kappa shape index (κ3) is 3.93. The third-order valence-corrected chi connectivity index (χ3v) is 5.92. The molecule has 0 spiro atoms. The van der Waals surface area contributed by atoms with Crippen LogP contribution in [0, 0.1) is 5.82 Å². The SMILES string of the molecule is CC(=O)N(c1ccccc1)[C@H]1C[C@@H](C)N(C(=O)c2ccc(F)c(Cl)c2)c2ccccc21. The quantitative estimate of drug-likeness (QED) is 0.504. The van der Waals surface area contributed by atoms with Gasteiger partial charge in [0.25, 0.3) is 5.91 Å². The maximum Gasteiger partial charge on any atom is 0.258 e. The molecule has 0 fully saturated rings. The average molecular weight is 437 g/mol. The van der Waals surface area contributed by atoms with Gasteiger partial charge in [-0.3, -0.25) is 9.59 Å². The molecule has 0 aromatic heterocycles. The third-order valence-electron chi connectivity index (χ3n) is 5.63. The summed E-state index contributed by atoms with van der Waals surface area (Å²) in [6.07, 6.45) is 0.562. The number of anilines is 2. The molecule has 4 nitrogen and oxygen atoms in total. The van der Waals surface area contributed by atoms with Crippen molar-refractivity contribution in [2.24, 2.45) is 0 Å². The van der Waals surface area contributed by atoms with Gasteiger partial charge in [0.2, 0.25) is 5.91 Å². The second-order valence-electron chi connectivity index (χ2n) is 7.69. The molecule has 0 saturated heterocycles. The first-order valence-corrected chi connectivity index (χ1v) is 10.5. The second kappa shape index (κ2) is 8.52. The van der Waals surface area contributed by atoms with Crippen molar-refractivity contribution in [1.82, 2.24) is 0 Å². The fourth-order valence-electron chi connectivity index (χ4n) is 4.27. The summed E-state index contributed by atoms with van der Waals surface area (Å²) in [5, 5.41) is -0.0893. The summed E-state index contributed by atoms with van der Waals surface area (Å²) in [7, 11) is 0. The van der Waals surface area contributed by atoms with E-state index >= 15 is 0 Å². The zero-order valence-corrected chi connectivity index (χ0v) is 18.0. The van der Waals surface area contributed by atoms with E-state index in [0.717, 1.165) is 16.9 Å². The topological polar surface area (TPSA) is 40.6 Å². The van der Waals surface area contributed by atoms with Crippen LogP contribution in [0.25, 0.3) is 0 Å². The van der Waals surface area contributed by atoms with Crippen LogP contribution in [0.1, 0.15) is 42.2 Å². The van der Waals surface area contributed by atoms with Gasteiger partial charge in [0, 0.05) is 29.9 Å². The monoisotopic (exact) mass is 436 g/mol. The van der Waals surface area contributed by atoms with Crippen LogP contribution < -0.4 is 9.80 Å². The lowest BCUT2D eigenvalue weighted by Crippen LogP contribution is -2.47. The van der Waals surface area contributed by atoms with Gasteiger partial charge in [0.1, 0.15) is 5.82 Å². The summed E-state index contributed by atoms with van der Waals surface area (Å²) in [6, 6.07) is 20.7. The summed E-state index contributed by atoms with van der Waals surface area (Å²) in [4.78, 5) is 29.5. The van der Waals surface area contributed by atoms with E-state index in [9.17, 15) is 14.0 Å². The number of hydrogen-bond acceptors (Lipinski definition) is 2. The molecule has 2 amide bonds. The molecule has 0 radical (unpaired) electrons. The Kier molecular flexibility index (Phi) is 5.79. The number of halogens is 2. The van der Waals surface area contributed by atoms with Crippen molar-refractivity contribution in [1.29, 1.82) is 0 Å². The van der Waals surface area contributed by atoms with Gasteiger partial charge >= 0.3 is 0 Å². The molecular weight excluding hydrogens is 415 g/mol. The van der Waals surface area contributed by atoms with Crippen molar-refractivity contribution in [2.45, 2.75) is 32.4 Å². The summed E-state index contributed by atoms with van der Waals surface area (Å²) < 4.78 is 13.6. The van der Waals surface area contributed by atoms with Crippen molar-refractivity contribution in [3.05, 3.63) is 94.8 Å². The minimum atomic E-state index is -0.565. The molecule has 1 aliphatic heterocycles. The second-order valence-corrected chi connectivity index (χ2v) is 8.10. The highest BCUT2D eigenvalue weighted by atomic mass is 35.5. The van der Waals surface area contributed by atoms with Crippen LogP contribution in [0.5, 0.6) is 0 Å². The van der Waals surface area contributed by atoms with Crippen LogP contribution in [-0.2, 0) is 4.79 Å². The Balaban J connectivity index is 1.78. The van der Waals surface area contributed by atoms with Crippen molar-refractivity contribution < 1.29 is 14.0 Å². The first kappa shape index (κ1) is 21.1. The molecule has 0 bridgehead atoms. The Morgan fingerprint density at radius 1 is 1.03 bits per heavy atom. The number of fused-ring (bicyclic) bond motifs is 1. The molecule has 2 atom stereocenters. The highest BCUT2D eigenvalue weighted by molar-refractivity contribution is 6.31. The van der Waals surface area contributed by atoms with Gasteiger partial charge < -0.3 is 9.80 Å². The Morgan fingerprint density at radius 3 is 2.39 bits per heavy atom. The number of para-hydroxylation sites is 2. The predicted molar refractivity (Wildman–Crippen MR) is 121 cm³/mol. The Hall–Kier alpha value is -3.18. The maximum atomic E-state index is 13.6. The molecule has 3 aromatic carbocycles. The van der Waals surface area contributed by atoms with Gasteiger partial charge in [-0.25, -0.2) is 4.39 Å². The van der Waals surface area contributed by atoms with E-state index in [4.69, 9.17) is 11.6 Å². The van der Waals surface area contributed by atoms with Crippen molar-refractivity contribution in [2.75, 3.05) is 9.80 Å². The number of rotatable bonds is 3. The van der Waals surface area contributed by atoms with E-state index in [1.54, 1.807) is 16.7 Å². The molecule has 1 aliphatic rings. The minimum Gasteiger partial charge on any atom is -0.305 e. The van der Waals surface area contributed by atoms with E-state index in [2.05, 4.69) is 0 Å². The van der Waals surface area contributed by atoms with Crippen molar-refractivity contribution in [3.63, 3.8) is 0 Å². The number of carbonyl (C=O) groups is 2. The van der Waals surface area contributed by atoms with Crippen LogP contribution in [0.3, 0.4) is 0 Å². The fourth-order valence-corrected chi connectivity index (χ4v) is 4.45. The molecule has 4 rings (SSSR count). The summed E-state index contributed by atoms with van der Waals surface area (Å²) >= 11 is 5.91. The number of carbonyl (C=O) groups excluding carboxylic acids is 2. The standard InChI is InChI=1S/C25H22ClFN2O2/c1-16-14-24(29(17(2)30)19-8-4-3-5-9-19)20-10-6-7-11-23(20)28(16)25(31)18-12-13-22(27)21(26)15-18/h3-13,15-16,24H,14H2,1-2H3/t16-,24+/m1/s1. The molecule has 0 N–H and O–H groups in total. The van der Waals surface area contributed by atoms with Crippen LogP contribution in [0.2, 0.25) is 5.02 Å². The van der Waals surface area contributed by atoms with Gasteiger partial charge in [-0.2, -0.15) is 0 Å². The Bertz CT molecular complexity index is 1140. The van der Waals surface area contributed by atoms with E-state index in [0.29, 0.717) is 12.0 Å². The fraction of sp³-hybridized carbons (Fsp3) is 0.200. The predicted octanol–water partition coefficient (Wildman–Crippen LogP) is 6.01. The van der Waals surface area contributed by atoms with Crippen LogP contribution in [-0.4, -0.2) is 17.9 Å². The normalized spacial score (nSPS) is 17.7. The molecule has 0 aliphatic carbocycles. The molecule has 0 saturated carbocycles. The van der Waals surface area contributed by atoms with Crippen molar-refractivity contribution >= 4 is 34.8 Å². The number of amides is 2. The van der Waals surface area contributed by atoms with Gasteiger partial charge in [0.15, 0.2) is 0 Å². The zero-order chi connectivity index (χ0) is 22.1. The van der Waals surface area contributed by atoms with Gasteiger partial charge in [-0.1, -0.05) is 48.0 Å². The Labute approximate surface area is 185 Å². The van der Waals surface area contributed by atoms with E-state index < -0.39 is 5.82 Å². The minimum absolute atomic E-state index is 0.0664. The molecule has 1 heterocycles. The molecule has 158 valence electrons. The van der Waals surface area contributed by atoms with Crippen LogP contribution in [0.15, 0.2) is 72.8 Å². The molecule has 31 heavy (non-hydrogen) atoms. The molecular formula is C25H22ClFN2O2. The zero-order valence-electron chi connectivity index (χ0n) is 17.3. The van der Waals surface area contributed by atoms with E-state index in [-0.39, 0.29) is 28.9 Å². The number of nitrogens with zero attached hydrogens (tertiary/aromatic N) is 2. The first-order valence-electron chi connectivity index (χ1n) is 10.1. The van der Waals surface area contributed by atoms with Crippen molar-refractivity contribution in [3.8, 4) is 0 Å².